The fourth-order valence-corrected chi connectivity index (χ4v) is 0.311. The summed E-state index contributed by atoms with van der Waals surface area (Å²) in [7, 11) is 0. The normalized spacial score (nSPS) is 9.11. The van der Waals surface area contributed by atoms with Crippen molar-refractivity contribution in [2.24, 2.45) is 0 Å². The zero-order valence-corrected chi connectivity index (χ0v) is 5.68. The van der Waals surface area contributed by atoms with Crippen LogP contribution in [0, 0.1) is 0 Å². The molecular formula is C6H13NO2. The predicted octanol–water partition coefficient (Wildman–Crippen LogP) is 0.424. The number of hydrogen-bond donors (Lipinski definition) is 2. The summed E-state index contributed by atoms with van der Waals surface area (Å²) in [5.41, 5.74) is 3.35. The van der Waals surface area contributed by atoms with E-state index in [0.29, 0.717) is 13.0 Å². The van der Waals surface area contributed by atoms with Crippen molar-refractivity contribution in [3.63, 3.8) is 0 Å². The van der Waals surface area contributed by atoms with E-state index in [4.69, 9.17) is 9.94 Å². The van der Waals surface area contributed by atoms with Gasteiger partial charge in [-0.2, -0.15) is 0 Å². The minimum atomic E-state index is 0.165. The molecule has 0 amide bonds. The Morgan fingerprint density at radius 1 is 1.78 bits per heavy atom. The fraction of sp³-hybridized carbons (Fsp3) is 0.667. The Morgan fingerprint density at radius 2 is 2.44 bits per heavy atom. The minimum Gasteiger partial charge on any atom is -0.396 e. The lowest BCUT2D eigenvalue weighted by molar-refractivity contribution is 0.0526. The molecule has 0 aliphatic carbocycles. The first-order valence-corrected chi connectivity index (χ1v) is 2.91. The molecule has 0 bridgehead atoms. The molecule has 0 aliphatic heterocycles. The number of aliphatic hydroxyl groups excluding tert-OH is 1. The van der Waals surface area contributed by atoms with Crippen LogP contribution in [0.3, 0.4) is 0 Å². The number of hydroxylamine groups is 1. The molecule has 54 valence electrons. The van der Waals surface area contributed by atoms with Gasteiger partial charge in [-0.05, 0) is 13.3 Å². The van der Waals surface area contributed by atoms with Crippen molar-refractivity contribution < 1.29 is 9.94 Å². The molecule has 0 heterocycles. The molecule has 0 aliphatic rings. The minimum absolute atomic E-state index is 0.165. The van der Waals surface area contributed by atoms with Crippen LogP contribution in [0.4, 0.5) is 0 Å². The van der Waals surface area contributed by atoms with E-state index in [1.807, 2.05) is 0 Å². The Kier molecular flexibility index (Phi) is 5.26. The molecule has 0 spiro atoms. The predicted molar refractivity (Wildman–Crippen MR) is 35.6 cm³/mol. The Hall–Kier alpha value is -0.540. The van der Waals surface area contributed by atoms with Crippen molar-refractivity contribution in [1.82, 2.24) is 5.48 Å². The average molecular weight is 131 g/mol. The van der Waals surface area contributed by atoms with Crippen molar-refractivity contribution in [3.05, 3.63) is 12.3 Å². The van der Waals surface area contributed by atoms with Gasteiger partial charge >= 0.3 is 0 Å². The molecular weight excluding hydrogens is 118 g/mol. The first kappa shape index (κ1) is 8.46. The van der Waals surface area contributed by atoms with Crippen LogP contribution in [0.25, 0.3) is 0 Å². The summed E-state index contributed by atoms with van der Waals surface area (Å²) in [5, 5.41) is 8.30. The van der Waals surface area contributed by atoms with E-state index in [9.17, 15) is 0 Å². The molecule has 3 nitrogen and oxygen atoms in total. The molecule has 0 atom stereocenters. The van der Waals surface area contributed by atoms with E-state index in [-0.39, 0.29) is 6.61 Å². The summed E-state index contributed by atoms with van der Waals surface area (Å²) in [6.07, 6.45) is 0.653. The average Bonchev–Trinajstić information content (AvgIpc) is 1.80. The second kappa shape index (κ2) is 5.59. The zero-order chi connectivity index (χ0) is 7.11. The quantitative estimate of drug-likeness (QED) is 0.420. The van der Waals surface area contributed by atoms with Crippen LogP contribution in [0.5, 0.6) is 0 Å². The first-order chi connectivity index (χ1) is 4.27. The lowest BCUT2D eigenvalue weighted by atomic mass is 10.5. The molecule has 0 radical (unpaired) electrons. The third-order valence-electron chi connectivity index (χ3n) is 0.651. The van der Waals surface area contributed by atoms with Gasteiger partial charge in [-0.25, -0.2) is 0 Å². The topological polar surface area (TPSA) is 41.5 Å². The maximum atomic E-state index is 8.30. The summed E-state index contributed by atoms with van der Waals surface area (Å²) in [6.45, 7) is 6.04. The van der Waals surface area contributed by atoms with Crippen molar-refractivity contribution in [1.29, 1.82) is 0 Å². The van der Waals surface area contributed by atoms with Crippen molar-refractivity contribution in [2.45, 2.75) is 13.3 Å². The summed E-state index contributed by atoms with van der Waals surface area (Å²) in [4.78, 5) is 4.83. The van der Waals surface area contributed by atoms with E-state index in [2.05, 4.69) is 12.1 Å². The highest BCUT2D eigenvalue weighted by atomic mass is 16.6. The summed E-state index contributed by atoms with van der Waals surface area (Å²) >= 11 is 0. The smallest absolute Gasteiger partial charge is 0.0767 e. The maximum Gasteiger partial charge on any atom is 0.0767 e. The van der Waals surface area contributed by atoms with Gasteiger partial charge in [-0.3, -0.25) is 10.3 Å². The molecule has 0 unspecified atom stereocenters. The van der Waals surface area contributed by atoms with Crippen LogP contribution in [-0.4, -0.2) is 18.3 Å². The number of nitrogens with one attached hydrogen (secondary N) is 1. The highest BCUT2D eigenvalue weighted by Gasteiger charge is 1.84. The molecule has 3 heteroatoms. The molecule has 0 aromatic carbocycles. The van der Waals surface area contributed by atoms with Gasteiger partial charge in [0.15, 0.2) is 0 Å². The van der Waals surface area contributed by atoms with E-state index in [0.717, 1.165) is 5.70 Å². The van der Waals surface area contributed by atoms with Gasteiger partial charge < -0.3 is 5.11 Å². The van der Waals surface area contributed by atoms with Crippen LogP contribution in [-0.2, 0) is 4.84 Å². The Morgan fingerprint density at radius 3 is 2.89 bits per heavy atom. The van der Waals surface area contributed by atoms with Gasteiger partial charge in [0.05, 0.1) is 6.61 Å². The molecule has 9 heavy (non-hydrogen) atoms. The van der Waals surface area contributed by atoms with Gasteiger partial charge in [0, 0.05) is 12.3 Å². The van der Waals surface area contributed by atoms with Gasteiger partial charge in [0.2, 0.25) is 0 Å². The molecule has 0 saturated carbocycles. The molecule has 0 saturated heterocycles. The van der Waals surface area contributed by atoms with Crippen LogP contribution in [0.1, 0.15) is 13.3 Å². The lowest BCUT2D eigenvalue weighted by Gasteiger charge is -2.03. The largest absolute Gasteiger partial charge is 0.396 e. The van der Waals surface area contributed by atoms with Gasteiger partial charge in [0.1, 0.15) is 0 Å². The highest BCUT2D eigenvalue weighted by molar-refractivity contribution is 4.79. The number of rotatable bonds is 5. The number of allylic oxidation sites excluding steroid dienone is 1. The summed E-state index contributed by atoms with van der Waals surface area (Å²) in [6, 6.07) is 0. The van der Waals surface area contributed by atoms with Crippen LogP contribution in [0.2, 0.25) is 0 Å². The van der Waals surface area contributed by atoms with Crippen LogP contribution >= 0.6 is 0 Å². The molecule has 2 N–H and O–H groups in total. The Labute approximate surface area is 55.3 Å². The summed E-state index contributed by atoms with van der Waals surface area (Å²) < 4.78 is 0. The van der Waals surface area contributed by atoms with Crippen molar-refractivity contribution in [2.75, 3.05) is 13.2 Å². The Bertz CT molecular complexity index is 83.1. The lowest BCUT2D eigenvalue weighted by Crippen LogP contribution is -2.12. The zero-order valence-electron chi connectivity index (χ0n) is 5.68. The second-order valence-electron chi connectivity index (χ2n) is 1.81. The van der Waals surface area contributed by atoms with E-state index >= 15 is 0 Å². The van der Waals surface area contributed by atoms with Gasteiger partial charge in [-0.1, -0.05) is 6.58 Å². The van der Waals surface area contributed by atoms with Gasteiger partial charge in [-0.15, -0.1) is 0 Å². The number of hydrogen-bond acceptors (Lipinski definition) is 3. The van der Waals surface area contributed by atoms with Gasteiger partial charge in [0.25, 0.3) is 0 Å². The van der Waals surface area contributed by atoms with Crippen LogP contribution in [0.15, 0.2) is 12.3 Å². The SMILES string of the molecule is C=C(C)NOCCCO. The fourth-order valence-electron chi connectivity index (χ4n) is 0.311. The molecule has 0 fully saturated rings. The first-order valence-electron chi connectivity index (χ1n) is 2.91. The summed E-state index contributed by atoms with van der Waals surface area (Å²) in [5.74, 6) is 0. The van der Waals surface area contributed by atoms with Crippen molar-refractivity contribution >= 4 is 0 Å². The third kappa shape index (κ3) is 7.46. The molecule has 0 aromatic heterocycles. The second-order valence-corrected chi connectivity index (χ2v) is 1.81. The highest BCUT2D eigenvalue weighted by Crippen LogP contribution is 1.80. The third-order valence-corrected chi connectivity index (χ3v) is 0.651. The van der Waals surface area contributed by atoms with Crippen molar-refractivity contribution in [3.8, 4) is 0 Å². The monoisotopic (exact) mass is 131 g/mol. The molecule has 0 aromatic rings. The Balaban J connectivity index is 2.83. The standard InChI is InChI=1S/C6H13NO2/c1-6(2)7-9-5-3-4-8/h7-8H,1,3-5H2,2H3. The van der Waals surface area contributed by atoms with E-state index in [1.54, 1.807) is 6.92 Å². The van der Waals surface area contributed by atoms with E-state index < -0.39 is 0 Å². The van der Waals surface area contributed by atoms with Crippen LogP contribution < -0.4 is 5.48 Å². The molecule has 0 rings (SSSR count). The number of aliphatic hydroxyl groups is 1. The maximum absolute atomic E-state index is 8.30. The van der Waals surface area contributed by atoms with E-state index in [1.165, 1.54) is 0 Å².